The molecule has 0 aromatic heterocycles. The molecular weight excluding hydrogens is 230 g/mol. The highest BCUT2D eigenvalue weighted by Gasteiger charge is 2.01. The van der Waals surface area contributed by atoms with E-state index in [2.05, 4.69) is 0 Å². The molecule has 0 atom stereocenters. The summed E-state index contributed by atoms with van der Waals surface area (Å²) in [4.78, 5) is 11.0. The van der Waals surface area contributed by atoms with Gasteiger partial charge in [-0.1, -0.05) is 0 Å². The van der Waals surface area contributed by atoms with E-state index in [9.17, 15) is 4.79 Å². The van der Waals surface area contributed by atoms with Crippen LogP contribution in [0, 0.1) is 0 Å². The van der Waals surface area contributed by atoms with Crippen LogP contribution >= 0.6 is 12.4 Å². The Morgan fingerprint density at radius 1 is 1.31 bits per heavy atom. The van der Waals surface area contributed by atoms with Gasteiger partial charge in [0.1, 0.15) is 5.75 Å². The summed E-state index contributed by atoms with van der Waals surface area (Å²) in [6.07, 6.45) is 0.262. The first-order valence-corrected chi connectivity index (χ1v) is 4.86. The average molecular weight is 246 g/mol. The van der Waals surface area contributed by atoms with Gasteiger partial charge in [-0.15, -0.1) is 12.4 Å². The van der Waals surface area contributed by atoms with E-state index in [4.69, 9.17) is 15.2 Å². The monoisotopic (exact) mass is 245 g/mol. The van der Waals surface area contributed by atoms with Crippen LogP contribution < -0.4 is 10.5 Å². The van der Waals surface area contributed by atoms with Crippen molar-refractivity contribution in [1.29, 1.82) is 0 Å². The fourth-order valence-corrected chi connectivity index (χ4v) is 1.05. The maximum absolute atomic E-state index is 11.0. The lowest BCUT2D eigenvalue weighted by Crippen LogP contribution is -2.09. The molecule has 1 rings (SSSR count). The van der Waals surface area contributed by atoms with E-state index < -0.39 is 0 Å². The van der Waals surface area contributed by atoms with E-state index in [0.717, 1.165) is 0 Å². The van der Waals surface area contributed by atoms with Crippen LogP contribution in [0.4, 0.5) is 5.69 Å². The summed E-state index contributed by atoms with van der Waals surface area (Å²) in [5.41, 5.74) is 6.20. The number of carbonyl (C=O) groups excluding carboxylic acids is 1. The molecule has 1 aromatic rings. The Morgan fingerprint density at radius 2 is 1.94 bits per heavy atom. The third-order valence-corrected chi connectivity index (χ3v) is 1.76. The van der Waals surface area contributed by atoms with E-state index in [0.29, 0.717) is 24.7 Å². The number of benzene rings is 1. The Kier molecular flexibility index (Phi) is 7.12. The first-order valence-electron chi connectivity index (χ1n) is 4.86. The van der Waals surface area contributed by atoms with Crippen LogP contribution in [-0.4, -0.2) is 19.2 Å². The molecule has 16 heavy (non-hydrogen) atoms. The Labute approximate surface area is 101 Å². The molecule has 0 aliphatic heterocycles. The Morgan fingerprint density at radius 3 is 2.50 bits per heavy atom. The van der Waals surface area contributed by atoms with Crippen molar-refractivity contribution in [2.24, 2.45) is 0 Å². The Bertz CT molecular complexity index is 314. The van der Waals surface area contributed by atoms with Crippen LogP contribution in [0.1, 0.15) is 13.3 Å². The summed E-state index contributed by atoms with van der Waals surface area (Å²) in [6.45, 7) is 2.50. The standard InChI is InChI=1S/C11H15NO3.ClH/c1-2-14-11(13)7-8-15-10-5-3-9(12)4-6-10;/h3-6H,2,7-8,12H2,1H3;1H. The molecule has 0 radical (unpaired) electrons. The van der Waals surface area contributed by atoms with Crippen LogP contribution in [0.25, 0.3) is 0 Å². The summed E-state index contributed by atoms with van der Waals surface area (Å²) in [6, 6.07) is 7.03. The van der Waals surface area contributed by atoms with Crippen LogP contribution in [0.3, 0.4) is 0 Å². The van der Waals surface area contributed by atoms with Crippen molar-refractivity contribution in [2.75, 3.05) is 18.9 Å². The summed E-state index contributed by atoms with van der Waals surface area (Å²) >= 11 is 0. The number of rotatable bonds is 5. The van der Waals surface area contributed by atoms with Gasteiger partial charge in [-0.2, -0.15) is 0 Å². The number of hydrogen-bond acceptors (Lipinski definition) is 4. The molecule has 0 bridgehead atoms. The maximum Gasteiger partial charge on any atom is 0.309 e. The second-order valence-electron chi connectivity index (χ2n) is 2.97. The molecule has 0 heterocycles. The summed E-state index contributed by atoms with van der Waals surface area (Å²) < 4.78 is 10.1. The predicted octanol–water partition coefficient (Wildman–Crippen LogP) is 2.02. The molecule has 0 aliphatic rings. The van der Waals surface area contributed by atoms with Crippen molar-refractivity contribution in [3.05, 3.63) is 24.3 Å². The lowest BCUT2D eigenvalue weighted by atomic mass is 10.3. The van der Waals surface area contributed by atoms with Crippen molar-refractivity contribution in [1.82, 2.24) is 0 Å². The van der Waals surface area contributed by atoms with Crippen molar-refractivity contribution in [2.45, 2.75) is 13.3 Å². The van der Waals surface area contributed by atoms with Gasteiger partial charge >= 0.3 is 5.97 Å². The smallest absolute Gasteiger partial charge is 0.309 e. The highest BCUT2D eigenvalue weighted by atomic mass is 35.5. The molecule has 0 spiro atoms. The molecule has 2 N–H and O–H groups in total. The Hall–Kier alpha value is -1.42. The first kappa shape index (κ1) is 14.6. The third kappa shape index (κ3) is 5.46. The van der Waals surface area contributed by atoms with E-state index in [1.165, 1.54) is 0 Å². The SMILES string of the molecule is CCOC(=O)CCOc1ccc(N)cc1.Cl. The topological polar surface area (TPSA) is 61.5 Å². The molecule has 0 saturated heterocycles. The molecule has 0 saturated carbocycles. The van der Waals surface area contributed by atoms with E-state index in [-0.39, 0.29) is 24.8 Å². The van der Waals surface area contributed by atoms with Crippen LogP contribution in [-0.2, 0) is 9.53 Å². The minimum Gasteiger partial charge on any atom is -0.493 e. The number of carbonyl (C=O) groups is 1. The number of anilines is 1. The van der Waals surface area contributed by atoms with Crippen LogP contribution in [0.5, 0.6) is 5.75 Å². The van der Waals surface area contributed by atoms with E-state index in [1.807, 2.05) is 0 Å². The number of nitrogen functional groups attached to an aromatic ring is 1. The zero-order valence-corrected chi connectivity index (χ0v) is 9.96. The molecule has 4 nitrogen and oxygen atoms in total. The average Bonchev–Trinajstić information content (AvgIpc) is 2.21. The maximum atomic E-state index is 11.0. The molecule has 0 fully saturated rings. The fraction of sp³-hybridized carbons (Fsp3) is 0.364. The lowest BCUT2D eigenvalue weighted by molar-refractivity contribution is -0.143. The van der Waals surface area contributed by atoms with Crippen LogP contribution in [0.2, 0.25) is 0 Å². The van der Waals surface area contributed by atoms with Gasteiger partial charge in [0.25, 0.3) is 0 Å². The van der Waals surface area contributed by atoms with Crippen molar-refractivity contribution in [3.63, 3.8) is 0 Å². The Balaban J connectivity index is 0.00000225. The molecule has 0 amide bonds. The number of hydrogen-bond donors (Lipinski definition) is 1. The van der Waals surface area contributed by atoms with Crippen molar-refractivity contribution >= 4 is 24.1 Å². The number of halogens is 1. The molecule has 90 valence electrons. The zero-order valence-electron chi connectivity index (χ0n) is 9.14. The van der Waals surface area contributed by atoms with Gasteiger partial charge in [0.15, 0.2) is 0 Å². The molecule has 1 aromatic carbocycles. The van der Waals surface area contributed by atoms with Crippen molar-refractivity contribution in [3.8, 4) is 5.75 Å². The van der Waals surface area contributed by atoms with Gasteiger partial charge < -0.3 is 15.2 Å². The number of nitrogens with two attached hydrogens (primary N) is 1. The van der Waals surface area contributed by atoms with Gasteiger partial charge in [-0.3, -0.25) is 4.79 Å². The highest BCUT2D eigenvalue weighted by Crippen LogP contribution is 2.13. The summed E-state index contributed by atoms with van der Waals surface area (Å²) in [7, 11) is 0. The molecule has 0 unspecified atom stereocenters. The minimum absolute atomic E-state index is 0. The van der Waals surface area contributed by atoms with E-state index >= 15 is 0 Å². The second kappa shape index (κ2) is 7.82. The zero-order chi connectivity index (χ0) is 11.1. The van der Waals surface area contributed by atoms with Gasteiger partial charge in [-0.05, 0) is 31.2 Å². The molecule has 0 aliphatic carbocycles. The highest BCUT2D eigenvalue weighted by molar-refractivity contribution is 5.85. The van der Waals surface area contributed by atoms with Crippen LogP contribution in [0.15, 0.2) is 24.3 Å². The largest absolute Gasteiger partial charge is 0.493 e. The quantitative estimate of drug-likeness (QED) is 0.637. The molecule has 5 heteroatoms. The van der Waals surface area contributed by atoms with Gasteiger partial charge in [0.05, 0.1) is 19.6 Å². The van der Waals surface area contributed by atoms with E-state index in [1.54, 1.807) is 31.2 Å². The molecular formula is C11H16ClNO3. The van der Waals surface area contributed by atoms with Crippen molar-refractivity contribution < 1.29 is 14.3 Å². The summed E-state index contributed by atoms with van der Waals surface area (Å²) in [5, 5.41) is 0. The third-order valence-electron chi connectivity index (χ3n) is 1.76. The number of ether oxygens (including phenoxy) is 2. The van der Waals surface area contributed by atoms with Gasteiger partial charge in [0.2, 0.25) is 0 Å². The minimum atomic E-state index is -0.243. The lowest BCUT2D eigenvalue weighted by Gasteiger charge is -2.05. The second-order valence-corrected chi connectivity index (χ2v) is 2.97. The van der Waals surface area contributed by atoms with Gasteiger partial charge in [-0.25, -0.2) is 0 Å². The number of esters is 1. The predicted molar refractivity (Wildman–Crippen MR) is 64.8 cm³/mol. The normalized spacial score (nSPS) is 9.06. The summed E-state index contributed by atoms with van der Waals surface area (Å²) in [5.74, 6) is 0.460. The first-order chi connectivity index (χ1) is 7.22. The van der Waals surface area contributed by atoms with Gasteiger partial charge in [0, 0.05) is 5.69 Å². The fourth-order valence-electron chi connectivity index (χ4n) is 1.05.